The van der Waals surface area contributed by atoms with Gasteiger partial charge >= 0.3 is 6.03 Å². The summed E-state index contributed by atoms with van der Waals surface area (Å²) in [4.78, 5) is 13.1. The van der Waals surface area contributed by atoms with Crippen molar-refractivity contribution < 1.29 is 13.7 Å². The number of hydrogen-bond donors (Lipinski definition) is 3. The zero-order valence-corrected chi connectivity index (χ0v) is 19.7. The predicted molar refractivity (Wildman–Crippen MR) is 130 cm³/mol. The number of amides is 2. The van der Waals surface area contributed by atoms with Crippen LogP contribution in [0.3, 0.4) is 0 Å². The molecule has 0 radical (unpaired) electrons. The van der Waals surface area contributed by atoms with Crippen LogP contribution in [0.4, 0.5) is 10.5 Å². The van der Waals surface area contributed by atoms with Gasteiger partial charge in [0.25, 0.3) is 0 Å². The number of carbonyl (C=O) groups is 1. The number of nitrogens with two attached hydrogens (primary N) is 1. The maximum atomic E-state index is 13.1. The zero-order chi connectivity index (χ0) is 22.8. The molecule has 33 heavy (non-hydrogen) atoms. The summed E-state index contributed by atoms with van der Waals surface area (Å²) in [6.07, 6.45) is 8.23. The minimum Gasteiger partial charge on any atom is -0.381 e. The molecule has 2 amide bonds. The van der Waals surface area contributed by atoms with Gasteiger partial charge in [-0.3, -0.25) is 0 Å². The van der Waals surface area contributed by atoms with Gasteiger partial charge in [-0.2, -0.15) is 0 Å². The lowest BCUT2D eigenvalue weighted by atomic mass is 9.99. The highest BCUT2D eigenvalue weighted by Crippen LogP contribution is 2.38. The molecule has 7 nitrogen and oxygen atoms in total. The lowest BCUT2D eigenvalue weighted by molar-refractivity contribution is 0.0776. The minimum atomic E-state index is -3.33. The number of urea groups is 1. The summed E-state index contributed by atoms with van der Waals surface area (Å²) < 4.78 is 22.4. The highest BCUT2D eigenvalue weighted by molar-refractivity contribution is 7.91. The number of fused-ring (bicyclic) bond motifs is 2. The zero-order valence-electron chi connectivity index (χ0n) is 18.9. The molecule has 0 unspecified atom stereocenters. The van der Waals surface area contributed by atoms with Crippen molar-refractivity contribution in [3.8, 4) is 0 Å². The molecule has 2 aromatic carbocycles. The Morgan fingerprint density at radius 1 is 1.03 bits per heavy atom. The van der Waals surface area contributed by atoms with Gasteiger partial charge in [0.05, 0.1) is 4.90 Å². The number of anilines is 1. The Labute approximate surface area is 195 Å². The Morgan fingerprint density at radius 2 is 1.67 bits per heavy atom. The minimum absolute atomic E-state index is 0.357. The average Bonchev–Trinajstić information content (AvgIpc) is 3.48. The Morgan fingerprint density at radius 3 is 2.30 bits per heavy atom. The van der Waals surface area contributed by atoms with Crippen molar-refractivity contribution in [1.29, 1.82) is 0 Å². The van der Waals surface area contributed by atoms with Crippen LogP contribution in [0.5, 0.6) is 0 Å². The second kappa shape index (κ2) is 9.54. The summed E-state index contributed by atoms with van der Waals surface area (Å²) >= 11 is 0. The van der Waals surface area contributed by atoms with E-state index in [1.54, 1.807) is 12.1 Å². The van der Waals surface area contributed by atoms with Crippen molar-refractivity contribution in [2.45, 2.75) is 68.8 Å². The van der Waals surface area contributed by atoms with E-state index in [9.17, 15) is 9.00 Å². The molecule has 0 saturated carbocycles. The highest BCUT2D eigenvalue weighted by Gasteiger charge is 2.25. The summed E-state index contributed by atoms with van der Waals surface area (Å²) in [6.45, 7) is 2.31. The van der Waals surface area contributed by atoms with E-state index in [2.05, 4.69) is 21.1 Å². The van der Waals surface area contributed by atoms with Crippen molar-refractivity contribution >= 4 is 21.6 Å². The largest absolute Gasteiger partial charge is 0.381 e. The number of nitrogens with one attached hydrogen (secondary N) is 2. The van der Waals surface area contributed by atoms with Gasteiger partial charge in [0.15, 0.2) is 0 Å². The molecule has 4 N–H and O–H groups in total. The van der Waals surface area contributed by atoms with E-state index >= 15 is 0 Å². The fraction of sp³-hybridized carbons (Fsp3) is 0.480. The van der Waals surface area contributed by atoms with E-state index in [0.717, 1.165) is 82.4 Å². The molecule has 0 aromatic heterocycles. The van der Waals surface area contributed by atoms with Gasteiger partial charge in [-0.1, -0.05) is 18.2 Å². The molecule has 1 saturated heterocycles. The van der Waals surface area contributed by atoms with Crippen molar-refractivity contribution in [1.82, 2.24) is 5.32 Å². The summed E-state index contributed by atoms with van der Waals surface area (Å²) in [5.74, 6) is 0. The molecule has 5 rings (SSSR count). The summed E-state index contributed by atoms with van der Waals surface area (Å²) in [5, 5.41) is 12.5. The number of aryl methyl sites for hydroxylation is 2. The Balaban J connectivity index is 1.29. The molecule has 3 aliphatic rings. The first-order valence-corrected chi connectivity index (χ1v) is 13.5. The topological polar surface area (TPSA) is 106 Å². The van der Waals surface area contributed by atoms with Crippen LogP contribution < -0.4 is 15.8 Å². The molecule has 1 fully saturated rings. The lowest BCUT2D eigenvalue weighted by Gasteiger charge is -2.23. The number of hydrogen-bond acceptors (Lipinski definition) is 4. The number of benzene rings is 2. The maximum Gasteiger partial charge on any atom is 0.354 e. The summed E-state index contributed by atoms with van der Waals surface area (Å²) in [7, 11) is -3.33. The molecule has 2 aromatic rings. The summed E-state index contributed by atoms with van der Waals surface area (Å²) in [5.41, 5.74) is 7.03. The number of ether oxygens (including phenoxy) is 1. The third-order valence-electron chi connectivity index (χ3n) is 7.00. The second-order valence-electron chi connectivity index (χ2n) is 9.24. The van der Waals surface area contributed by atoms with Gasteiger partial charge < -0.3 is 15.4 Å². The quantitative estimate of drug-likeness (QED) is 0.619. The first kappa shape index (κ1) is 22.5. The monoisotopic (exact) mass is 468 g/mol. The lowest BCUT2D eigenvalue weighted by Crippen LogP contribution is -2.34. The van der Waals surface area contributed by atoms with Crippen LogP contribution in [0.1, 0.15) is 53.5 Å². The average molecular weight is 469 g/mol. The van der Waals surface area contributed by atoms with Crippen LogP contribution >= 0.6 is 0 Å². The standard InChI is InChI=1S/C25H32N4O3S/c26-33(31,21-9-7-17(8-10-21)16-27-20-11-13-32-14-12-20)29-25(30)28-24-22-5-1-3-18(22)15-19-4-2-6-23(19)24/h7-10,15,20,27H,1-6,11-14,16H2,(H3,26,28,29,30,31)/t33-/m1/s1. The normalized spacial score (nSPS) is 19.5. The molecule has 0 bridgehead atoms. The molecular formula is C25H32N4O3S. The van der Waals surface area contributed by atoms with Crippen molar-refractivity contribution in [2.75, 3.05) is 18.5 Å². The van der Waals surface area contributed by atoms with Gasteiger partial charge in [0.1, 0.15) is 9.92 Å². The van der Waals surface area contributed by atoms with Crippen LogP contribution in [0.15, 0.2) is 39.6 Å². The van der Waals surface area contributed by atoms with Crippen LogP contribution in [0, 0.1) is 0 Å². The predicted octanol–water partition coefficient (Wildman–Crippen LogP) is 3.87. The van der Waals surface area contributed by atoms with Crippen molar-refractivity contribution in [2.24, 2.45) is 9.50 Å². The molecular weight excluding hydrogens is 436 g/mol. The first-order valence-electron chi connectivity index (χ1n) is 11.9. The smallest absolute Gasteiger partial charge is 0.354 e. The number of carbonyl (C=O) groups excluding carboxylic acids is 1. The second-order valence-corrected chi connectivity index (χ2v) is 11.0. The Hall–Kier alpha value is -2.26. The van der Waals surface area contributed by atoms with Crippen LogP contribution in [-0.2, 0) is 46.9 Å². The Kier molecular flexibility index (Phi) is 6.51. The van der Waals surface area contributed by atoms with E-state index in [4.69, 9.17) is 9.88 Å². The van der Waals surface area contributed by atoms with E-state index in [0.29, 0.717) is 10.9 Å². The fourth-order valence-corrected chi connectivity index (χ4v) is 6.16. The van der Waals surface area contributed by atoms with Gasteiger partial charge in [-0.25, -0.2) is 14.1 Å². The number of nitrogens with zero attached hydrogens (tertiary/aromatic N) is 1. The van der Waals surface area contributed by atoms with Gasteiger partial charge in [0.2, 0.25) is 0 Å². The fourth-order valence-electron chi connectivity index (χ4n) is 5.24. The van der Waals surface area contributed by atoms with Crippen LogP contribution in [0.2, 0.25) is 0 Å². The molecule has 1 heterocycles. The Bertz CT molecular complexity index is 1130. The summed E-state index contributed by atoms with van der Waals surface area (Å²) in [6, 6.07) is 9.31. The maximum absolute atomic E-state index is 13.1. The molecule has 1 aliphatic heterocycles. The van der Waals surface area contributed by atoms with Crippen molar-refractivity contribution in [3.05, 3.63) is 58.1 Å². The van der Waals surface area contributed by atoms with Gasteiger partial charge in [-0.15, -0.1) is 4.36 Å². The third-order valence-corrected chi connectivity index (χ3v) is 8.39. The van der Waals surface area contributed by atoms with Gasteiger partial charge in [0, 0.05) is 31.5 Å². The van der Waals surface area contributed by atoms with Crippen LogP contribution in [-0.4, -0.2) is 29.5 Å². The van der Waals surface area contributed by atoms with Gasteiger partial charge in [-0.05, 0) is 91.3 Å². The molecule has 8 heteroatoms. The van der Waals surface area contributed by atoms with E-state index in [-0.39, 0.29) is 0 Å². The number of rotatable bonds is 5. The van der Waals surface area contributed by atoms with E-state index < -0.39 is 15.9 Å². The SMILES string of the molecule is N[S@@](=O)(=NC(=O)Nc1c2c(cc3c1CCC3)CCC2)c1ccc(CNC2CCOCC2)cc1. The van der Waals surface area contributed by atoms with Crippen molar-refractivity contribution in [3.63, 3.8) is 0 Å². The third kappa shape index (κ3) is 4.99. The first-order chi connectivity index (χ1) is 16.0. The molecule has 2 aliphatic carbocycles. The molecule has 0 spiro atoms. The van der Waals surface area contributed by atoms with Crippen LogP contribution in [0.25, 0.3) is 0 Å². The highest BCUT2D eigenvalue weighted by atomic mass is 32.2. The molecule has 176 valence electrons. The van der Waals surface area contributed by atoms with E-state index in [1.165, 1.54) is 22.3 Å². The molecule has 1 atom stereocenters. The van der Waals surface area contributed by atoms with E-state index in [1.807, 2.05) is 12.1 Å².